The number of carbonyl (C=O) groups is 1. The first-order valence-electron chi connectivity index (χ1n) is 7.72. The van der Waals surface area contributed by atoms with Crippen LogP contribution < -0.4 is 0 Å². The number of aromatic nitrogens is 3. The summed E-state index contributed by atoms with van der Waals surface area (Å²) in [6, 6.07) is 8.11. The summed E-state index contributed by atoms with van der Waals surface area (Å²) in [7, 11) is 0. The van der Waals surface area contributed by atoms with Gasteiger partial charge in [-0.05, 0) is 45.7 Å². The third kappa shape index (κ3) is 3.21. The van der Waals surface area contributed by atoms with Crippen molar-refractivity contribution in [2.24, 2.45) is 0 Å². The van der Waals surface area contributed by atoms with Gasteiger partial charge in [-0.25, -0.2) is 4.79 Å². The number of hydrogen-bond acceptors (Lipinski definition) is 4. The third-order valence-electron chi connectivity index (χ3n) is 3.74. The maximum Gasteiger partial charge on any atom is 0.410 e. The highest BCUT2D eigenvalue weighted by Gasteiger charge is 2.28. The van der Waals surface area contributed by atoms with Crippen molar-refractivity contribution in [1.82, 2.24) is 19.9 Å². The topological polar surface area (TPSA) is 60.2 Å². The van der Waals surface area contributed by atoms with Crippen LogP contribution in [0.5, 0.6) is 0 Å². The van der Waals surface area contributed by atoms with Crippen LogP contribution in [0.15, 0.2) is 24.3 Å². The lowest BCUT2D eigenvalue weighted by molar-refractivity contribution is 0.0180. The molecule has 0 N–H and O–H groups in total. The molecule has 0 aliphatic carbocycles. The average molecular weight is 302 g/mol. The van der Waals surface area contributed by atoms with Gasteiger partial charge in [0.15, 0.2) is 0 Å². The van der Waals surface area contributed by atoms with Crippen LogP contribution in [0.3, 0.4) is 0 Å². The molecule has 0 saturated carbocycles. The van der Waals surface area contributed by atoms with Crippen LogP contribution in [0.1, 0.15) is 39.7 Å². The normalized spacial score (nSPS) is 17.0. The fraction of sp³-hybridized carbons (Fsp3) is 0.562. The number of benzene rings is 1. The Morgan fingerprint density at radius 2 is 1.68 bits per heavy atom. The molecule has 6 nitrogen and oxygen atoms in total. The minimum absolute atomic E-state index is 0.232. The Balaban J connectivity index is 1.63. The molecule has 6 heteroatoms. The molecule has 0 radical (unpaired) electrons. The lowest BCUT2D eigenvalue weighted by atomic mass is 10.1. The van der Waals surface area contributed by atoms with Crippen LogP contribution in [-0.2, 0) is 4.74 Å². The van der Waals surface area contributed by atoms with Gasteiger partial charge in [0.1, 0.15) is 16.6 Å². The first-order chi connectivity index (χ1) is 10.4. The zero-order valence-corrected chi connectivity index (χ0v) is 13.3. The van der Waals surface area contributed by atoms with Crippen LogP contribution >= 0.6 is 0 Å². The van der Waals surface area contributed by atoms with Crippen molar-refractivity contribution in [3.8, 4) is 0 Å². The summed E-state index contributed by atoms with van der Waals surface area (Å²) in [5.74, 6) is 0. The third-order valence-corrected chi connectivity index (χ3v) is 3.74. The standard InChI is InChI=1S/C16H22N4O2/c1-16(2,3)22-15(21)19-10-8-12(9-11-19)20-17-13-6-4-5-7-14(13)18-20/h4-7,12H,8-11H2,1-3H3. The van der Waals surface area contributed by atoms with Crippen molar-refractivity contribution in [2.75, 3.05) is 13.1 Å². The predicted molar refractivity (Wildman–Crippen MR) is 83.6 cm³/mol. The summed E-state index contributed by atoms with van der Waals surface area (Å²) >= 11 is 0. The second-order valence-electron chi connectivity index (χ2n) is 6.71. The van der Waals surface area contributed by atoms with Gasteiger partial charge in [-0.3, -0.25) is 0 Å². The molecule has 1 aliphatic rings. The van der Waals surface area contributed by atoms with Crippen molar-refractivity contribution in [2.45, 2.75) is 45.3 Å². The number of carbonyl (C=O) groups excluding carboxylic acids is 1. The molecule has 118 valence electrons. The number of ether oxygens (including phenoxy) is 1. The largest absolute Gasteiger partial charge is 0.444 e. The summed E-state index contributed by atoms with van der Waals surface area (Å²) in [5.41, 5.74) is 1.38. The van der Waals surface area contributed by atoms with Gasteiger partial charge in [0.05, 0.1) is 6.04 Å². The summed E-state index contributed by atoms with van der Waals surface area (Å²) in [4.78, 5) is 15.6. The minimum Gasteiger partial charge on any atom is -0.444 e. The second kappa shape index (κ2) is 5.59. The van der Waals surface area contributed by atoms with Gasteiger partial charge in [-0.1, -0.05) is 12.1 Å². The summed E-state index contributed by atoms with van der Waals surface area (Å²) in [6.45, 7) is 7.01. The Morgan fingerprint density at radius 1 is 1.14 bits per heavy atom. The molecule has 1 aromatic heterocycles. The molecule has 1 fully saturated rings. The molecule has 0 bridgehead atoms. The van der Waals surface area contributed by atoms with Gasteiger partial charge >= 0.3 is 6.09 Å². The van der Waals surface area contributed by atoms with Crippen molar-refractivity contribution in [1.29, 1.82) is 0 Å². The SMILES string of the molecule is CC(C)(C)OC(=O)N1CCC(n2nc3ccccc3n2)CC1. The molecule has 2 heterocycles. The monoisotopic (exact) mass is 302 g/mol. The molecule has 1 saturated heterocycles. The molecule has 0 unspecified atom stereocenters. The Labute approximate surface area is 130 Å². The van der Waals surface area contributed by atoms with Gasteiger partial charge < -0.3 is 9.64 Å². The smallest absolute Gasteiger partial charge is 0.410 e. The van der Waals surface area contributed by atoms with E-state index in [4.69, 9.17) is 4.74 Å². The predicted octanol–water partition coefficient (Wildman–Crippen LogP) is 3.00. The van der Waals surface area contributed by atoms with E-state index in [1.807, 2.05) is 45.0 Å². The molecule has 1 amide bonds. The highest BCUT2D eigenvalue weighted by Crippen LogP contribution is 2.23. The number of rotatable bonds is 1. The van der Waals surface area contributed by atoms with E-state index >= 15 is 0 Å². The summed E-state index contributed by atoms with van der Waals surface area (Å²) in [5, 5.41) is 9.07. The fourth-order valence-electron chi connectivity index (χ4n) is 2.65. The van der Waals surface area contributed by atoms with Crippen molar-refractivity contribution >= 4 is 17.1 Å². The van der Waals surface area contributed by atoms with E-state index in [1.165, 1.54) is 0 Å². The quantitative estimate of drug-likeness (QED) is 0.812. The molecular weight excluding hydrogens is 280 g/mol. The number of nitrogens with zero attached hydrogens (tertiary/aromatic N) is 4. The van der Waals surface area contributed by atoms with Crippen LogP contribution in [0.25, 0.3) is 11.0 Å². The van der Waals surface area contributed by atoms with E-state index in [2.05, 4.69) is 10.2 Å². The molecule has 0 spiro atoms. The maximum atomic E-state index is 12.1. The average Bonchev–Trinajstić information content (AvgIpc) is 2.89. The molecule has 0 atom stereocenters. The van der Waals surface area contributed by atoms with E-state index in [1.54, 1.807) is 9.70 Å². The number of piperidine rings is 1. The van der Waals surface area contributed by atoms with Crippen molar-refractivity contribution < 1.29 is 9.53 Å². The van der Waals surface area contributed by atoms with Crippen LogP contribution in [0, 0.1) is 0 Å². The Kier molecular flexibility index (Phi) is 3.76. The van der Waals surface area contributed by atoms with Gasteiger partial charge in [0.2, 0.25) is 0 Å². The van der Waals surface area contributed by atoms with Crippen molar-refractivity contribution in [3.63, 3.8) is 0 Å². The maximum absolute atomic E-state index is 12.1. The van der Waals surface area contributed by atoms with Gasteiger partial charge in [-0.15, -0.1) is 0 Å². The Hall–Kier alpha value is -2.11. The number of hydrogen-bond donors (Lipinski definition) is 0. The molecular formula is C16H22N4O2. The van der Waals surface area contributed by atoms with E-state index in [0.717, 1.165) is 23.9 Å². The molecule has 2 aromatic rings. The highest BCUT2D eigenvalue weighted by atomic mass is 16.6. The Morgan fingerprint density at radius 3 is 2.18 bits per heavy atom. The van der Waals surface area contributed by atoms with Crippen LogP contribution in [0.4, 0.5) is 4.79 Å². The first-order valence-corrected chi connectivity index (χ1v) is 7.72. The van der Waals surface area contributed by atoms with Gasteiger partial charge in [-0.2, -0.15) is 15.0 Å². The fourth-order valence-corrected chi connectivity index (χ4v) is 2.65. The highest BCUT2D eigenvalue weighted by molar-refractivity contribution is 5.73. The minimum atomic E-state index is -0.449. The van der Waals surface area contributed by atoms with E-state index in [0.29, 0.717) is 13.1 Å². The lowest BCUT2D eigenvalue weighted by Gasteiger charge is -2.32. The lowest BCUT2D eigenvalue weighted by Crippen LogP contribution is -2.42. The number of amides is 1. The van der Waals surface area contributed by atoms with Crippen LogP contribution in [-0.4, -0.2) is 44.7 Å². The molecule has 22 heavy (non-hydrogen) atoms. The number of fused-ring (bicyclic) bond motifs is 1. The first kappa shape index (κ1) is 14.8. The number of likely N-dealkylation sites (tertiary alicyclic amines) is 1. The van der Waals surface area contributed by atoms with Crippen molar-refractivity contribution in [3.05, 3.63) is 24.3 Å². The zero-order chi connectivity index (χ0) is 15.7. The zero-order valence-electron chi connectivity index (χ0n) is 13.3. The van der Waals surface area contributed by atoms with E-state index < -0.39 is 5.60 Å². The van der Waals surface area contributed by atoms with Crippen LogP contribution in [0.2, 0.25) is 0 Å². The second-order valence-corrected chi connectivity index (χ2v) is 6.71. The van der Waals surface area contributed by atoms with Gasteiger partial charge in [0.25, 0.3) is 0 Å². The molecule has 1 aliphatic heterocycles. The Bertz CT molecular complexity index is 633. The molecule has 1 aromatic carbocycles. The van der Waals surface area contributed by atoms with Gasteiger partial charge in [0, 0.05) is 13.1 Å². The molecule has 3 rings (SSSR count). The van der Waals surface area contributed by atoms with E-state index in [9.17, 15) is 4.79 Å². The summed E-state index contributed by atoms with van der Waals surface area (Å²) in [6.07, 6.45) is 1.46. The summed E-state index contributed by atoms with van der Waals surface area (Å²) < 4.78 is 5.42. The van der Waals surface area contributed by atoms with E-state index in [-0.39, 0.29) is 12.1 Å².